The van der Waals surface area contributed by atoms with Gasteiger partial charge in [-0.2, -0.15) is 0 Å². The molecule has 0 radical (unpaired) electrons. The van der Waals surface area contributed by atoms with Gasteiger partial charge >= 0.3 is 6.03 Å². The van der Waals surface area contributed by atoms with Crippen molar-refractivity contribution in [2.24, 2.45) is 0 Å². The van der Waals surface area contributed by atoms with Crippen LogP contribution in [0.5, 0.6) is 0 Å². The summed E-state index contributed by atoms with van der Waals surface area (Å²) in [6, 6.07) is 12.6. The van der Waals surface area contributed by atoms with E-state index in [1.807, 2.05) is 0 Å². The van der Waals surface area contributed by atoms with Crippen LogP contribution in [-0.4, -0.2) is 32.4 Å². The zero-order valence-corrected chi connectivity index (χ0v) is 19.1. The smallest absolute Gasteiger partial charge is 0.320 e. The van der Waals surface area contributed by atoms with E-state index in [-0.39, 0.29) is 22.7 Å². The van der Waals surface area contributed by atoms with E-state index in [0.717, 1.165) is 24.3 Å². The van der Waals surface area contributed by atoms with Crippen LogP contribution < -0.4 is 9.62 Å². The van der Waals surface area contributed by atoms with E-state index in [0.29, 0.717) is 30.8 Å². The van der Waals surface area contributed by atoms with Gasteiger partial charge in [0.15, 0.2) is 0 Å². The molecule has 1 N–H and O–H groups in total. The number of anilines is 2. The maximum Gasteiger partial charge on any atom is 0.324 e. The molecule has 0 unspecified atom stereocenters. The molecular formula is C24H22F3N3O3S. The van der Waals surface area contributed by atoms with Gasteiger partial charge in [0, 0.05) is 24.3 Å². The van der Waals surface area contributed by atoms with Crippen LogP contribution in [0.4, 0.5) is 29.3 Å². The molecule has 0 aliphatic carbocycles. The highest BCUT2D eigenvalue weighted by molar-refractivity contribution is 7.92. The quantitative estimate of drug-likeness (QED) is 0.527. The topological polar surface area (TPSA) is 69.7 Å². The minimum Gasteiger partial charge on any atom is -0.320 e. The second-order valence-electron chi connectivity index (χ2n) is 8.01. The van der Waals surface area contributed by atoms with Crippen LogP contribution >= 0.6 is 0 Å². The first-order valence-electron chi connectivity index (χ1n) is 10.5. The van der Waals surface area contributed by atoms with Gasteiger partial charge in [0.25, 0.3) is 10.0 Å². The lowest BCUT2D eigenvalue weighted by molar-refractivity contribution is 0.191. The minimum atomic E-state index is -4.05. The molecule has 3 aromatic rings. The number of rotatable bonds is 6. The number of aryl methyl sites for hydroxylation is 1. The Labute approximate surface area is 195 Å². The van der Waals surface area contributed by atoms with Gasteiger partial charge in [0.2, 0.25) is 0 Å². The maximum atomic E-state index is 14.1. The molecule has 0 bridgehead atoms. The van der Waals surface area contributed by atoms with Gasteiger partial charge in [-0.15, -0.1) is 0 Å². The van der Waals surface area contributed by atoms with Gasteiger partial charge in [0.1, 0.15) is 17.5 Å². The van der Waals surface area contributed by atoms with E-state index in [4.69, 9.17) is 0 Å². The van der Waals surface area contributed by atoms with Crippen molar-refractivity contribution < 1.29 is 26.4 Å². The lowest BCUT2D eigenvalue weighted by Gasteiger charge is -2.36. The number of hydrogen-bond donors (Lipinski definition) is 1. The zero-order chi connectivity index (χ0) is 24.5. The third-order valence-corrected chi connectivity index (χ3v) is 6.92. The summed E-state index contributed by atoms with van der Waals surface area (Å²) in [6.45, 7) is 2.19. The molecule has 1 heterocycles. The summed E-state index contributed by atoms with van der Waals surface area (Å²) in [7, 11) is -4.05. The summed E-state index contributed by atoms with van der Waals surface area (Å²) >= 11 is 0. The van der Waals surface area contributed by atoms with Crippen molar-refractivity contribution in [1.29, 1.82) is 0 Å². The molecule has 3 aromatic carbocycles. The summed E-state index contributed by atoms with van der Waals surface area (Å²) in [5, 5.41) is 0. The number of nitrogens with one attached hydrogen (secondary N) is 1. The van der Waals surface area contributed by atoms with E-state index in [9.17, 15) is 26.4 Å². The standard InChI is InChI=1S/C24H22F3N3O3S/c1-16-6-8-21(14-23(16)27)34(32,33)28-19-4-2-5-20(13-19)30-11-3-10-29(24(30)31)15-17-12-18(25)7-9-22(17)26/h2,4-9,12-14,28H,3,10-11,15H2,1H3. The molecule has 34 heavy (non-hydrogen) atoms. The van der Waals surface area contributed by atoms with Crippen molar-refractivity contribution in [3.05, 3.63) is 89.2 Å². The average molecular weight is 490 g/mol. The summed E-state index contributed by atoms with van der Waals surface area (Å²) in [4.78, 5) is 15.7. The molecule has 2 amide bonds. The monoisotopic (exact) mass is 489 g/mol. The Hall–Kier alpha value is -3.53. The van der Waals surface area contributed by atoms with Crippen LogP contribution in [0, 0.1) is 24.4 Å². The third kappa shape index (κ3) is 5.01. The van der Waals surface area contributed by atoms with E-state index >= 15 is 0 Å². The normalized spacial score (nSPS) is 14.4. The molecule has 1 aliphatic rings. The number of hydrogen-bond acceptors (Lipinski definition) is 3. The Morgan fingerprint density at radius 2 is 1.74 bits per heavy atom. The van der Waals surface area contributed by atoms with Crippen LogP contribution in [-0.2, 0) is 16.6 Å². The highest BCUT2D eigenvalue weighted by Gasteiger charge is 2.28. The molecular weight excluding hydrogens is 467 g/mol. The number of carbonyl (C=O) groups excluding carboxylic acids is 1. The van der Waals surface area contributed by atoms with Gasteiger partial charge in [-0.1, -0.05) is 12.1 Å². The predicted octanol–water partition coefficient (Wildman–Crippen LogP) is 5.05. The molecule has 4 rings (SSSR count). The van der Waals surface area contributed by atoms with Gasteiger partial charge in [-0.3, -0.25) is 9.62 Å². The fourth-order valence-electron chi connectivity index (χ4n) is 3.73. The van der Waals surface area contributed by atoms with Crippen molar-refractivity contribution in [3.63, 3.8) is 0 Å². The SMILES string of the molecule is Cc1ccc(S(=O)(=O)Nc2cccc(N3CCCN(Cc4cc(F)ccc4F)C3=O)c2)cc1F. The largest absolute Gasteiger partial charge is 0.324 e. The first kappa shape index (κ1) is 23.6. The lowest BCUT2D eigenvalue weighted by atomic mass is 10.1. The molecule has 178 valence electrons. The highest BCUT2D eigenvalue weighted by atomic mass is 32.2. The van der Waals surface area contributed by atoms with Crippen LogP contribution in [0.2, 0.25) is 0 Å². The fourth-order valence-corrected chi connectivity index (χ4v) is 4.79. The van der Waals surface area contributed by atoms with Crippen LogP contribution in [0.25, 0.3) is 0 Å². The predicted molar refractivity (Wildman–Crippen MR) is 123 cm³/mol. The van der Waals surface area contributed by atoms with Gasteiger partial charge in [-0.05, 0) is 67.4 Å². The molecule has 0 aromatic heterocycles. The maximum absolute atomic E-state index is 14.1. The Morgan fingerprint density at radius 1 is 0.941 bits per heavy atom. The Bertz CT molecular complexity index is 1350. The average Bonchev–Trinajstić information content (AvgIpc) is 2.79. The van der Waals surface area contributed by atoms with Crippen LogP contribution in [0.15, 0.2) is 65.6 Å². The van der Waals surface area contributed by atoms with Gasteiger partial charge < -0.3 is 4.90 Å². The molecule has 0 spiro atoms. The first-order chi connectivity index (χ1) is 16.1. The molecule has 1 aliphatic heterocycles. The Kier molecular flexibility index (Phi) is 6.52. The second kappa shape index (κ2) is 9.38. The summed E-state index contributed by atoms with van der Waals surface area (Å²) < 4.78 is 69.2. The van der Waals surface area contributed by atoms with Crippen molar-refractivity contribution in [1.82, 2.24) is 4.90 Å². The van der Waals surface area contributed by atoms with E-state index in [1.165, 1.54) is 41.0 Å². The summed E-state index contributed by atoms with van der Waals surface area (Å²) in [5.41, 5.74) is 1.03. The number of benzene rings is 3. The minimum absolute atomic E-state index is 0.0713. The zero-order valence-electron chi connectivity index (χ0n) is 18.3. The van der Waals surface area contributed by atoms with Crippen molar-refractivity contribution >= 4 is 27.4 Å². The number of carbonyl (C=O) groups is 1. The third-order valence-electron chi connectivity index (χ3n) is 5.54. The number of sulfonamides is 1. The van der Waals surface area contributed by atoms with Gasteiger partial charge in [0.05, 0.1) is 17.1 Å². The molecule has 0 saturated carbocycles. The van der Waals surface area contributed by atoms with Crippen molar-refractivity contribution in [2.75, 3.05) is 22.7 Å². The van der Waals surface area contributed by atoms with Crippen LogP contribution in [0.3, 0.4) is 0 Å². The molecule has 1 saturated heterocycles. The second-order valence-corrected chi connectivity index (χ2v) is 9.69. The van der Waals surface area contributed by atoms with Crippen LogP contribution in [0.1, 0.15) is 17.5 Å². The molecule has 6 nitrogen and oxygen atoms in total. The van der Waals surface area contributed by atoms with E-state index in [2.05, 4.69) is 4.72 Å². The number of amides is 2. The van der Waals surface area contributed by atoms with E-state index < -0.39 is 33.5 Å². The fraction of sp³-hybridized carbons (Fsp3) is 0.208. The molecule has 0 atom stereocenters. The number of urea groups is 1. The summed E-state index contributed by atoms with van der Waals surface area (Å²) in [6.07, 6.45) is 0.585. The number of nitrogens with zero attached hydrogens (tertiary/aromatic N) is 2. The lowest BCUT2D eigenvalue weighted by Crippen LogP contribution is -2.49. The van der Waals surface area contributed by atoms with Gasteiger partial charge in [-0.25, -0.2) is 26.4 Å². The Balaban J connectivity index is 1.54. The highest BCUT2D eigenvalue weighted by Crippen LogP contribution is 2.26. The van der Waals surface area contributed by atoms with Crippen molar-refractivity contribution in [3.8, 4) is 0 Å². The number of halogens is 3. The molecule has 10 heteroatoms. The Morgan fingerprint density at radius 3 is 2.50 bits per heavy atom. The summed E-state index contributed by atoms with van der Waals surface area (Å²) in [5.74, 6) is -1.83. The van der Waals surface area contributed by atoms with E-state index in [1.54, 1.807) is 12.1 Å². The molecule has 1 fully saturated rings. The first-order valence-corrected chi connectivity index (χ1v) is 12.0. The van der Waals surface area contributed by atoms with Crippen molar-refractivity contribution in [2.45, 2.75) is 24.8 Å².